The van der Waals surface area contributed by atoms with Crippen LogP contribution < -0.4 is 4.90 Å². The van der Waals surface area contributed by atoms with Crippen molar-refractivity contribution in [2.45, 2.75) is 26.2 Å². The number of nitrogens with zero attached hydrogens (tertiary/aromatic N) is 1. The summed E-state index contributed by atoms with van der Waals surface area (Å²) in [4.78, 5) is 23.8. The van der Waals surface area contributed by atoms with Gasteiger partial charge in [0.2, 0.25) is 5.91 Å². The average molecular weight is 269 g/mol. The zero-order chi connectivity index (χ0) is 14.2. The second kappa shape index (κ2) is 4.95. The number of carboxylic acids is 1. The maximum absolute atomic E-state index is 12.5. The number of carbonyl (C=O) groups is 2. The van der Waals surface area contributed by atoms with Crippen LogP contribution in [0.4, 0.5) is 14.5 Å². The fourth-order valence-corrected chi connectivity index (χ4v) is 2.27. The van der Waals surface area contributed by atoms with Gasteiger partial charge in [-0.05, 0) is 36.6 Å². The third-order valence-electron chi connectivity index (χ3n) is 3.18. The number of halogens is 2. The van der Waals surface area contributed by atoms with E-state index in [1.807, 2.05) is 0 Å². The molecule has 1 amide bonds. The smallest absolute Gasteiger partial charge is 0.335 e. The maximum Gasteiger partial charge on any atom is 0.335 e. The Balaban J connectivity index is 2.48. The normalized spacial score (nSPS) is 14.7. The standard InChI is InChI=1S/C13H13F2NO3/c1-7-4-10-8(5-9(7)13(18)19)2-3-12(17)16(10)6-11(14)15/h4-5,11H,2-3,6H2,1H3,(H,18,19). The zero-order valence-electron chi connectivity index (χ0n) is 10.3. The van der Waals surface area contributed by atoms with Gasteiger partial charge < -0.3 is 10.0 Å². The van der Waals surface area contributed by atoms with Crippen LogP contribution in [0.2, 0.25) is 0 Å². The minimum atomic E-state index is -2.62. The summed E-state index contributed by atoms with van der Waals surface area (Å²) in [7, 11) is 0. The van der Waals surface area contributed by atoms with Crippen molar-refractivity contribution < 1.29 is 23.5 Å². The third kappa shape index (κ3) is 2.57. The number of amides is 1. The third-order valence-corrected chi connectivity index (χ3v) is 3.18. The van der Waals surface area contributed by atoms with Crippen LogP contribution in [0.5, 0.6) is 0 Å². The first-order chi connectivity index (χ1) is 8.90. The van der Waals surface area contributed by atoms with E-state index in [4.69, 9.17) is 5.11 Å². The first kappa shape index (κ1) is 13.5. The van der Waals surface area contributed by atoms with E-state index in [1.54, 1.807) is 6.92 Å². The Hall–Kier alpha value is -1.98. The fourth-order valence-electron chi connectivity index (χ4n) is 2.27. The predicted molar refractivity (Wildman–Crippen MR) is 64.8 cm³/mol. The van der Waals surface area contributed by atoms with Crippen molar-refractivity contribution >= 4 is 17.6 Å². The predicted octanol–water partition coefficient (Wildman–Crippen LogP) is 2.24. The van der Waals surface area contributed by atoms with Gasteiger partial charge in [0.05, 0.1) is 12.1 Å². The first-order valence-electron chi connectivity index (χ1n) is 5.85. The molecule has 0 fully saturated rings. The van der Waals surface area contributed by atoms with Gasteiger partial charge in [-0.15, -0.1) is 0 Å². The highest BCUT2D eigenvalue weighted by atomic mass is 19.3. The Kier molecular flexibility index (Phi) is 3.50. The summed E-state index contributed by atoms with van der Waals surface area (Å²) in [5.41, 5.74) is 1.63. The van der Waals surface area contributed by atoms with Crippen LogP contribution in [0.25, 0.3) is 0 Å². The molecule has 1 aromatic rings. The quantitative estimate of drug-likeness (QED) is 0.915. The maximum atomic E-state index is 12.5. The molecule has 1 aliphatic heterocycles. The van der Waals surface area contributed by atoms with E-state index in [0.717, 1.165) is 4.90 Å². The lowest BCUT2D eigenvalue weighted by molar-refractivity contribution is -0.119. The van der Waals surface area contributed by atoms with Crippen molar-refractivity contribution in [3.05, 3.63) is 28.8 Å². The van der Waals surface area contributed by atoms with Crippen molar-refractivity contribution in [2.24, 2.45) is 0 Å². The molecular formula is C13H13F2NO3. The average Bonchev–Trinajstić information content (AvgIpc) is 2.32. The Bertz CT molecular complexity index is 543. The molecule has 0 aromatic heterocycles. The molecule has 0 unspecified atom stereocenters. The molecule has 102 valence electrons. The number of hydrogen-bond donors (Lipinski definition) is 1. The van der Waals surface area contributed by atoms with Crippen molar-refractivity contribution in [3.63, 3.8) is 0 Å². The highest BCUT2D eigenvalue weighted by molar-refractivity contribution is 5.98. The van der Waals surface area contributed by atoms with Crippen molar-refractivity contribution in [2.75, 3.05) is 11.4 Å². The monoisotopic (exact) mass is 269 g/mol. The van der Waals surface area contributed by atoms with Gasteiger partial charge >= 0.3 is 5.97 Å². The van der Waals surface area contributed by atoms with Gasteiger partial charge in [0.1, 0.15) is 0 Å². The molecule has 0 atom stereocenters. The molecule has 19 heavy (non-hydrogen) atoms. The molecule has 0 aliphatic carbocycles. The van der Waals surface area contributed by atoms with E-state index < -0.39 is 18.9 Å². The number of carbonyl (C=O) groups excluding carboxylic acids is 1. The lowest BCUT2D eigenvalue weighted by Crippen LogP contribution is -2.38. The number of alkyl halides is 2. The lowest BCUT2D eigenvalue weighted by Gasteiger charge is -2.30. The lowest BCUT2D eigenvalue weighted by atomic mass is 9.95. The molecule has 1 heterocycles. The highest BCUT2D eigenvalue weighted by Crippen LogP contribution is 2.31. The van der Waals surface area contributed by atoms with Gasteiger partial charge in [-0.25, -0.2) is 13.6 Å². The molecule has 0 radical (unpaired) electrons. The first-order valence-corrected chi connectivity index (χ1v) is 5.85. The van der Waals surface area contributed by atoms with E-state index >= 15 is 0 Å². The van der Waals surface area contributed by atoms with Gasteiger partial charge in [0, 0.05) is 12.1 Å². The van der Waals surface area contributed by atoms with Gasteiger partial charge in [-0.2, -0.15) is 0 Å². The molecule has 0 bridgehead atoms. The Morgan fingerprint density at radius 3 is 2.68 bits per heavy atom. The summed E-state index contributed by atoms with van der Waals surface area (Å²) in [6, 6.07) is 2.97. The van der Waals surface area contributed by atoms with Crippen LogP contribution in [-0.4, -0.2) is 30.0 Å². The van der Waals surface area contributed by atoms with E-state index in [2.05, 4.69) is 0 Å². The van der Waals surface area contributed by atoms with Crippen LogP contribution in [0, 0.1) is 6.92 Å². The zero-order valence-corrected chi connectivity index (χ0v) is 10.3. The Morgan fingerprint density at radius 1 is 1.42 bits per heavy atom. The summed E-state index contributed by atoms with van der Waals surface area (Å²) in [6.07, 6.45) is -2.11. The largest absolute Gasteiger partial charge is 0.478 e. The van der Waals surface area contributed by atoms with Gasteiger partial charge in [0.15, 0.2) is 0 Å². The SMILES string of the molecule is Cc1cc2c(cc1C(=O)O)CCC(=O)N2CC(F)F. The van der Waals surface area contributed by atoms with Crippen LogP contribution in [0.3, 0.4) is 0 Å². The van der Waals surface area contributed by atoms with Crippen LogP contribution in [0.1, 0.15) is 27.9 Å². The summed E-state index contributed by atoms with van der Waals surface area (Å²) in [6.45, 7) is 0.932. The molecule has 6 heteroatoms. The molecule has 1 aliphatic rings. The number of fused-ring (bicyclic) bond motifs is 1. The number of rotatable bonds is 3. The van der Waals surface area contributed by atoms with E-state index in [9.17, 15) is 18.4 Å². The molecule has 2 rings (SSSR count). The number of hydrogen-bond acceptors (Lipinski definition) is 2. The molecule has 0 saturated carbocycles. The highest BCUT2D eigenvalue weighted by Gasteiger charge is 2.28. The second-order valence-electron chi connectivity index (χ2n) is 4.50. The fraction of sp³-hybridized carbons (Fsp3) is 0.385. The van der Waals surface area contributed by atoms with Crippen LogP contribution >= 0.6 is 0 Å². The minimum Gasteiger partial charge on any atom is -0.478 e. The van der Waals surface area contributed by atoms with Gasteiger partial charge in [-0.1, -0.05) is 0 Å². The number of benzene rings is 1. The molecule has 1 N–H and O–H groups in total. The molecular weight excluding hydrogens is 256 g/mol. The molecule has 4 nitrogen and oxygen atoms in total. The van der Waals surface area contributed by atoms with Gasteiger partial charge in [-0.3, -0.25) is 4.79 Å². The summed E-state index contributed by atoms with van der Waals surface area (Å²) in [5.74, 6) is -1.41. The summed E-state index contributed by atoms with van der Waals surface area (Å²) >= 11 is 0. The molecule has 0 saturated heterocycles. The van der Waals surface area contributed by atoms with E-state index in [0.29, 0.717) is 23.2 Å². The van der Waals surface area contributed by atoms with Gasteiger partial charge in [0.25, 0.3) is 6.43 Å². The molecule has 1 aromatic carbocycles. The van der Waals surface area contributed by atoms with Crippen molar-refractivity contribution in [1.82, 2.24) is 0 Å². The Labute approximate surface area is 108 Å². The Morgan fingerprint density at radius 2 is 2.11 bits per heavy atom. The van der Waals surface area contributed by atoms with E-state index in [1.165, 1.54) is 12.1 Å². The number of carboxylic acid groups (broad SMARTS) is 1. The van der Waals surface area contributed by atoms with Crippen LogP contribution in [0.15, 0.2) is 12.1 Å². The van der Waals surface area contributed by atoms with E-state index in [-0.39, 0.29) is 17.9 Å². The number of aryl methyl sites for hydroxylation is 2. The van der Waals surface area contributed by atoms with Crippen molar-refractivity contribution in [1.29, 1.82) is 0 Å². The topological polar surface area (TPSA) is 57.6 Å². The number of aromatic carboxylic acids is 1. The molecule has 0 spiro atoms. The van der Waals surface area contributed by atoms with Crippen molar-refractivity contribution in [3.8, 4) is 0 Å². The van der Waals surface area contributed by atoms with Crippen LogP contribution in [-0.2, 0) is 11.2 Å². The number of anilines is 1. The second-order valence-corrected chi connectivity index (χ2v) is 4.50. The summed E-state index contributed by atoms with van der Waals surface area (Å²) < 4.78 is 25.0. The minimum absolute atomic E-state index is 0.127. The summed E-state index contributed by atoms with van der Waals surface area (Å²) in [5, 5.41) is 9.03.